The first-order chi connectivity index (χ1) is 14.9. The number of para-hydroxylation sites is 1. The van der Waals surface area contributed by atoms with Crippen LogP contribution in [0.5, 0.6) is 0 Å². The molecule has 0 radical (unpaired) electrons. The lowest BCUT2D eigenvalue weighted by Crippen LogP contribution is -2.37. The summed E-state index contributed by atoms with van der Waals surface area (Å²) in [5.74, 6) is -0.600. The third-order valence-corrected chi connectivity index (χ3v) is 6.26. The number of carbonyl (C=O) groups is 3. The van der Waals surface area contributed by atoms with Crippen molar-refractivity contribution in [3.8, 4) is 0 Å². The van der Waals surface area contributed by atoms with E-state index in [4.69, 9.17) is 23.2 Å². The molecule has 1 N–H and O–H groups in total. The molecule has 0 saturated carbocycles. The number of hydrogen-bond acceptors (Lipinski definition) is 4. The Labute approximate surface area is 190 Å². The highest BCUT2D eigenvalue weighted by molar-refractivity contribution is 6.53. The number of halogens is 2. The number of anilines is 2. The van der Waals surface area contributed by atoms with E-state index in [1.165, 1.54) is 0 Å². The molecule has 0 aliphatic carbocycles. The van der Waals surface area contributed by atoms with E-state index in [0.29, 0.717) is 17.2 Å². The van der Waals surface area contributed by atoms with Gasteiger partial charge in [-0.05, 0) is 55.2 Å². The maximum absolute atomic E-state index is 12.9. The number of nitrogens with one attached hydrogen (secondary N) is 1. The Kier molecular flexibility index (Phi) is 6.03. The fraction of sp³-hybridized carbons (Fsp3) is 0.261. The molecule has 31 heavy (non-hydrogen) atoms. The lowest BCUT2D eigenvalue weighted by atomic mass is 9.98. The van der Waals surface area contributed by atoms with Gasteiger partial charge < -0.3 is 10.2 Å². The van der Waals surface area contributed by atoms with Gasteiger partial charge in [-0.3, -0.25) is 14.4 Å². The topological polar surface area (TPSA) is 69.7 Å². The van der Waals surface area contributed by atoms with Crippen LogP contribution < -0.4 is 10.2 Å². The number of likely N-dealkylation sites (tertiary alicyclic amines) is 1. The zero-order valence-corrected chi connectivity index (χ0v) is 18.4. The van der Waals surface area contributed by atoms with Crippen molar-refractivity contribution in [1.82, 2.24) is 4.90 Å². The highest BCUT2D eigenvalue weighted by atomic mass is 35.5. The van der Waals surface area contributed by atoms with Gasteiger partial charge in [-0.15, -0.1) is 0 Å². The lowest BCUT2D eigenvalue weighted by Gasteiger charge is -2.30. The molecule has 3 amide bonds. The minimum atomic E-state index is -0.645. The van der Waals surface area contributed by atoms with Crippen molar-refractivity contribution in [2.45, 2.75) is 19.8 Å². The molecule has 0 unspecified atom stereocenters. The van der Waals surface area contributed by atoms with Crippen LogP contribution >= 0.6 is 23.2 Å². The third-order valence-electron chi connectivity index (χ3n) is 5.59. The average Bonchev–Trinajstić information content (AvgIpc) is 2.98. The van der Waals surface area contributed by atoms with Crippen molar-refractivity contribution in [2.24, 2.45) is 5.92 Å². The average molecular weight is 458 g/mol. The summed E-state index contributed by atoms with van der Waals surface area (Å²) in [5, 5.41) is 2.96. The molecule has 0 spiro atoms. The Hall–Kier alpha value is -2.83. The van der Waals surface area contributed by atoms with Crippen molar-refractivity contribution < 1.29 is 14.4 Å². The summed E-state index contributed by atoms with van der Waals surface area (Å²) >= 11 is 12.3. The van der Waals surface area contributed by atoms with Crippen LogP contribution in [0, 0.1) is 5.92 Å². The van der Waals surface area contributed by atoms with E-state index in [0.717, 1.165) is 30.8 Å². The van der Waals surface area contributed by atoms with Crippen molar-refractivity contribution >= 4 is 52.3 Å². The molecule has 2 aliphatic heterocycles. The van der Waals surface area contributed by atoms with Gasteiger partial charge in [0.25, 0.3) is 17.7 Å². The van der Waals surface area contributed by atoms with E-state index < -0.39 is 11.8 Å². The molecule has 0 bridgehead atoms. The van der Waals surface area contributed by atoms with Crippen LogP contribution in [0.3, 0.4) is 0 Å². The molecule has 2 aromatic rings. The number of nitrogens with zero attached hydrogens (tertiary/aromatic N) is 2. The maximum Gasteiger partial charge on any atom is 0.283 e. The van der Waals surface area contributed by atoms with Crippen LogP contribution in [0.4, 0.5) is 11.4 Å². The van der Waals surface area contributed by atoms with Crippen LogP contribution in [-0.2, 0) is 9.59 Å². The van der Waals surface area contributed by atoms with Gasteiger partial charge in [0.15, 0.2) is 0 Å². The van der Waals surface area contributed by atoms with E-state index >= 15 is 0 Å². The number of carbonyl (C=O) groups excluding carboxylic acids is 3. The Morgan fingerprint density at radius 2 is 1.61 bits per heavy atom. The number of hydrogen-bond donors (Lipinski definition) is 1. The first-order valence-electron chi connectivity index (χ1n) is 10.1. The summed E-state index contributed by atoms with van der Waals surface area (Å²) in [4.78, 5) is 41.0. The maximum atomic E-state index is 12.9. The fourth-order valence-electron chi connectivity index (χ4n) is 3.70. The molecular weight excluding hydrogens is 437 g/mol. The van der Waals surface area contributed by atoms with Gasteiger partial charge in [-0.25, -0.2) is 4.90 Å². The van der Waals surface area contributed by atoms with E-state index in [1.807, 2.05) is 4.90 Å². The predicted molar refractivity (Wildman–Crippen MR) is 121 cm³/mol. The summed E-state index contributed by atoms with van der Waals surface area (Å²) in [5.41, 5.74) is 1.35. The van der Waals surface area contributed by atoms with E-state index in [-0.39, 0.29) is 27.3 Å². The molecule has 4 rings (SSSR count). The quantitative estimate of drug-likeness (QED) is 0.678. The number of rotatable bonds is 4. The highest BCUT2D eigenvalue weighted by Crippen LogP contribution is 2.34. The summed E-state index contributed by atoms with van der Waals surface area (Å²) in [6.07, 6.45) is 2.02. The van der Waals surface area contributed by atoms with Crippen LogP contribution in [0.1, 0.15) is 30.1 Å². The summed E-state index contributed by atoms with van der Waals surface area (Å²) in [6, 6.07) is 13.3. The minimum absolute atomic E-state index is 0.00675. The van der Waals surface area contributed by atoms with Gasteiger partial charge in [0.05, 0.1) is 10.7 Å². The van der Waals surface area contributed by atoms with Gasteiger partial charge in [0.2, 0.25) is 0 Å². The van der Waals surface area contributed by atoms with Gasteiger partial charge in [0.1, 0.15) is 10.7 Å². The predicted octanol–water partition coefficient (Wildman–Crippen LogP) is 4.65. The van der Waals surface area contributed by atoms with Gasteiger partial charge in [-0.1, -0.05) is 42.3 Å². The zero-order valence-electron chi connectivity index (χ0n) is 16.9. The van der Waals surface area contributed by atoms with Gasteiger partial charge in [-0.2, -0.15) is 0 Å². The van der Waals surface area contributed by atoms with Crippen LogP contribution in [0.25, 0.3) is 0 Å². The van der Waals surface area contributed by atoms with Crippen molar-refractivity contribution in [3.05, 3.63) is 69.8 Å². The standard InChI is InChI=1S/C23H21Cl2N3O3/c1-14-10-12-27(13-11-14)21(29)15-6-8-16(9-7-15)26-20-19(25)22(30)28(23(20)31)18-5-3-2-4-17(18)24/h2-9,14,26H,10-13H2,1H3. The Morgan fingerprint density at radius 3 is 2.26 bits per heavy atom. The summed E-state index contributed by atoms with van der Waals surface area (Å²) in [7, 11) is 0. The Balaban J connectivity index is 1.49. The SMILES string of the molecule is CC1CCN(C(=O)c2ccc(NC3=C(Cl)C(=O)N(c4ccccc4Cl)C3=O)cc2)CC1. The van der Waals surface area contributed by atoms with E-state index in [9.17, 15) is 14.4 Å². The van der Waals surface area contributed by atoms with Crippen LogP contribution in [-0.4, -0.2) is 35.7 Å². The second kappa shape index (κ2) is 8.73. The molecule has 1 saturated heterocycles. The monoisotopic (exact) mass is 457 g/mol. The second-order valence-corrected chi connectivity index (χ2v) is 8.55. The molecule has 2 aliphatic rings. The highest BCUT2D eigenvalue weighted by Gasteiger charge is 2.39. The second-order valence-electron chi connectivity index (χ2n) is 7.76. The molecule has 1 fully saturated rings. The first kappa shape index (κ1) is 21.4. The van der Waals surface area contributed by atoms with Crippen molar-refractivity contribution in [1.29, 1.82) is 0 Å². The van der Waals surface area contributed by atoms with E-state index in [2.05, 4.69) is 12.2 Å². The summed E-state index contributed by atoms with van der Waals surface area (Å²) in [6.45, 7) is 3.72. The van der Waals surface area contributed by atoms with Gasteiger partial charge >= 0.3 is 0 Å². The fourth-order valence-corrected chi connectivity index (χ4v) is 4.13. The molecule has 0 atom stereocenters. The largest absolute Gasteiger partial charge is 0.350 e. The van der Waals surface area contributed by atoms with Crippen LogP contribution in [0.2, 0.25) is 5.02 Å². The molecule has 8 heteroatoms. The molecule has 2 heterocycles. The molecule has 2 aromatic carbocycles. The van der Waals surface area contributed by atoms with Crippen molar-refractivity contribution in [3.63, 3.8) is 0 Å². The zero-order chi connectivity index (χ0) is 22.1. The molecule has 0 aromatic heterocycles. The van der Waals surface area contributed by atoms with Crippen LogP contribution in [0.15, 0.2) is 59.3 Å². The molecule has 160 valence electrons. The first-order valence-corrected chi connectivity index (χ1v) is 10.8. The third kappa shape index (κ3) is 4.18. The number of imide groups is 1. The number of amides is 3. The smallest absolute Gasteiger partial charge is 0.283 e. The Bertz CT molecular complexity index is 1070. The normalized spacial score (nSPS) is 17.5. The molecule has 6 nitrogen and oxygen atoms in total. The Morgan fingerprint density at radius 1 is 0.968 bits per heavy atom. The van der Waals surface area contributed by atoms with Crippen molar-refractivity contribution in [2.75, 3.05) is 23.3 Å². The van der Waals surface area contributed by atoms with Gasteiger partial charge in [0, 0.05) is 24.3 Å². The number of benzene rings is 2. The minimum Gasteiger partial charge on any atom is -0.350 e. The molecular formula is C23H21Cl2N3O3. The van der Waals surface area contributed by atoms with E-state index in [1.54, 1.807) is 48.5 Å². The number of piperidine rings is 1. The summed E-state index contributed by atoms with van der Waals surface area (Å²) < 4.78 is 0. The lowest BCUT2D eigenvalue weighted by molar-refractivity contribution is -0.120.